The molecule has 4 rings (SSSR count). The molecule has 2 fully saturated rings. The first kappa shape index (κ1) is 34.3. The smallest absolute Gasteiger partial charge is 0.460 e. The van der Waals surface area contributed by atoms with Crippen molar-refractivity contribution in [3.05, 3.63) is 47.1 Å². The number of carbonyl (C=O) groups excluding carboxylic acids is 2. The molecule has 0 bridgehead atoms. The monoisotopic (exact) mass is 670 g/mol. The van der Waals surface area contributed by atoms with Crippen molar-refractivity contribution in [1.82, 2.24) is 0 Å². The highest BCUT2D eigenvalue weighted by Crippen LogP contribution is 2.54. The first-order valence-electron chi connectivity index (χ1n) is 14.0. The summed E-state index contributed by atoms with van der Waals surface area (Å²) in [6.45, 7) is 2.93. The zero-order valence-electron chi connectivity index (χ0n) is 23.9. The Labute approximate surface area is 252 Å². The molecule has 44 heavy (non-hydrogen) atoms. The van der Waals surface area contributed by atoms with Gasteiger partial charge in [0.25, 0.3) is 0 Å². The third-order valence-corrected chi connectivity index (χ3v) is 10.5. The molecule has 0 spiro atoms. The molecule has 2 saturated carbocycles. The average molecular weight is 671 g/mol. The van der Waals surface area contributed by atoms with E-state index < -0.39 is 67.2 Å². The number of allylic oxidation sites excluding steroid dienone is 7. The standard InChI is InChI=1S/C28H34F4O10S2/c1-16-6-7-23(22(8-16)19-5-3-4-17(9-19)14-41-24(33)27(29,30)43(35,36)37)26(2)12-18(10-20-11-21(20)13-26)15-42-25(34)28(31,32)44(38,39)40/h6-8,10,13,17-19,22-23H,3-5,9,11-12,14-15H2,1-2H3,(H,35,36,37)(H,38,39,40). The third-order valence-electron chi connectivity index (χ3n) is 8.88. The Morgan fingerprint density at radius 3 is 2.14 bits per heavy atom. The maximum Gasteiger partial charge on any atom is 0.465 e. The molecule has 0 amide bonds. The summed E-state index contributed by atoms with van der Waals surface area (Å²) in [7, 11) is -12.0. The molecular formula is C28H34F4O10S2. The van der Waals surface area contributed by atoms with Crippen LogP contribution in [-0.4, -0.2) is 61.6 Å². The molecule has 0 aliphatic heterocycles. The minimum Gasteiger partial charge on any atom is -0.460 e. The number of carbonyl (C=O) groups is 2. The third kappa shape index (κ3) is 7.12. The van der Waals surface area contributed by atoms with Gasteiger partial charge in [-0.25, -0.2) is 9.59 Å². The van der Waals surface area contributed by atoms with E-state index in [4.69, 9.17) is 9.11 Å². The van der Waals surface area contributed by atoms with Crippen molar-refractivity contribution in [2.75, 3.05) is 13.2 Å². The molecule has 0 aromatic heterocycles. The van der Waals surface area contributed by atoms with Gasteiger partial charge in [-0.15, -0.1) is 0 Å². The molecule has 16 heteroatoms. The van der Waals surface area contributed by atoms with Crippen molar-refractivity contribution in [2.45, 2.75) is 62.9 Å². The predicted octanol–water partition coefficient (Wildman–Crippen LogP) is 4.87. The van der Waals surface area contributed by atoms with Crippen LogP contribution in [-0.2, 0) is 39.3 Å². The number of halogens is 4. The van der Waals surface area contributed by atoms with Crippen molar-refractivity contribution < 1.29 is 62.6 Å². The second-order valence-electron chi connectivity index (χ2n) is 12.4. The van der Waals surface area contributed by atoms with E-state index >= 15 is 0 Å². The van der Waals surface area contributed by atoms with Crippen LogP contribution in [0.4, 0.5) is 17.6 Å². The molecule has 0 heterocycles. The van der Waals surface area contributed by atoms with Gasteiger partial charge in [0.05, 0.1) is 13.2 Å². The van der Waals surface area contributed by atoms with Crippen LogP contribution in [0.3, 0.4) is 0 Å². The Bertz CT molecular complexity index is 1530. The van der Waals surface area contributed by atoms with Gasteiger partial charge < -0.3 is 9.47 Å². The maximum absolute atomic E-state index is 13.8. The molecule has 4 aliphatic carbocycles. The number of esters is 2. The Morgan fingerprint density at radius 1 is 0.955 bits per heavy atom. The van der Waals surface area contributed by atoms with Crippen LogP contribution in [0.25, 0.3) is 0 Å². The van der Waals surface area contributed by atoms with Gasteiger partial charge in [0, 0.05) is 5.92 Å². The van der Waals surface area contributed by atoms with Gasteiger partial charge in [0.2, 0.25) is 0 Å². The van der Waals surface area contributed by atoms with Crippen LogP contribution >= 0.6 is 0 Å². The lowest BCUT2D eigenvalue weighted by Gasteiger charge is -2.45. The first-order chi connectivity index (χ1) is 20.2. The van der Waals surface area contributed by atoms with Crippen LogP contribution in [0.5, 0.6) is 0 Å². The Kier molecular flexibility index (Phi) is 9.35. The van der Waals surface area contributed by atoms with E-state index in [1.807, 2.05) is 26.0 Å². The van der Waals surface area contributed by atoms with Crippen LogP contribution in [0.1, 0.15) is 52.4 Å². The molecule has 4 aliphatic rings. The fourth-order valence-corrected chi connectivity index (χ4v) is 7.24. The Balaban J connectivity index is 1.49. The molecule has 0 aromatic rings. The molecular weight excluding hydrogens is 636 g/mol. The molecule has 6 unspecified atom stereocenters. The SMILES string of the molecule is CC1=CC(C2CCCC(COC(=O)C(F)(F)S(=O)(=O)O)C2)C(C2(C)C=C3CC3=CC(COC(=O)C(F)(F)S(=O)(=O)O)C2)C=C1. The van der Waals surface area contributed by atoms with E-state index in [1.165, 1.54) is 0 Å². The van der Waals surface area contributed by atoms with E-state index in [9.17, 15) is 44.0 Å². The van der Waals surface area contributed by atoms with E-state index in [2.05, 4.69) is 27.7 Å². The van der Waals surface area contributed by atoms with Gasteiger partial charge in [-0.05, 0) is 79.3 Å². The lowest BCUT2D eigenvalue weighted by molar-refractivity contribution is -0.163. The largest absolute Gasteiger partial charge is 0.465 e. The van der Waals surface area contributed by atoms with Crippen molar-refractivity contribution >= 4 is 32.2 Å². The fourth-order valence-electron chi connectivity index (χ4n) is 6.70. The van der Waals surface area contributed by atoms with Crippen molar-refractivity contribution in [3.63, 3.8) is 0 Å². The summed E-state index contributed by atoms with van der Waals surface area (Å²) < 4.78 is 125. The molecule has 2 N–H and O–H groups in total. The molecule has 0 radical (unpaired) electrons. The number of hydrogen-bond donors (Lipinski definition) is 2. The van der Waals surface area contributed by atoms with Crippen molar-refractivity contribution in [1.29, 1.82) is 0 Å². The highest BCUT2D eigenvalue weighted by atomic mass is 32.2. The van der Waals surface area contributed by atoms with Gasteiger partial charge in [-0.1, -0.05) is 49.3 Å². The van der Waals surface area contributed by atoms with Gasteiger partial charge >= 0.3 is 42.7 Å². The Hall–Kier alpha value is -2.56. The van der Waals surface area contributed by atoms with Gasteiger partial charge in [-0.2, -0.15) is 34.4 Å². The summed E-state index contributed by atoms with van der Waals surface area (Å²) in [4.78, 5) is 23.6. The normalized spacial score (nSPS) is 31.1. The number of alkyl halides is 4. The number of ether oxygens (including phenoxy) is 2. The Morgan fingerprint density at radius 2 is 1.55 bits per heavy atom. The molecule has 0 aromatic carbocycles. The summed E-state index contributed by atoms with van der Waals surface area (Å²) in [6.07, 6.45) is 13.5. The quantitative estimate of drug-likeness (QED) is 0.186. The van der Waals surface area contributed by atoms with Crippen LogP contribution in [0.2, 0.25) is 0 Å². The zero-order chi connectivity index (χ0) is 32.9. The van der Waals surface area contributed by atoms with Crippen LogP contribution in [0.15, 0.2) is 47.1 Å². The van der Waals surface area contributed by atoms with Crippen LogP contribution < -0.4 is 0 Å². The second-order valence-corrected chi connectivity index (χ2v) is 15.3. The van der Waals surface area contributed by atoms with Gasteiger partial charge in [-0.3, -0.25) is 9.11 Å². The zero-order valence-corrected chi connectivity index (χ0v) is 25.6. The minimum absolute atomic E-state index is 0.00859. The summed E-state index contributed by atoms with van der Waals surface area (Å²) in [5.41, 5.74) is 2.42. The number of rotatable bonds is 10. The number of hydrogen-bond acceptors (Lipinski definition) is 8. The topological polar surface area (TPSA) is 161 Å². The summed E-state index contributed by atoms with van der Waals surface area (Å²) in [5.74, 6) is -5.81. The van der Waals surface area contributed by atoms with E-state index in [0.717, 1.165) is 23.1 Å². The lowest BCUT2D eigenvalue weighted by atomic mass is 9.59. The van der Waals surface area contributed by atoms with E-state index in [-0.39, 0.29) is 23.7 Å². The molecule has 0 saturated heterocycles. The van der Waals surface area contributed by atoms with Crippen LogP contribution in [0, 0.1) is 35.0 Å². The lowest BCUT2D eigenvalue weighted by Crippen LogP contribution is -2.41. The summed E-state index contributed by atoms with van der Waals surface area (Å²) in [5, 5.41) is -10.2. The van der Waals surface area contributed by atoms with Gasteiger partial charge in [0.1, 0.15) is 0 Å². The highest BCUT2D eigenvalue weighted by Gasteiger charge is 2.55. The maximum atomic E-state index is 13.8. The minimum atomic E-state index is -6.01. The summed E-state index contributed by atoms with van der Waals surface area (Å²) >= 11 is 0. The molecule has 10 nitrogen and oxygen atoms in total. The summed E-state index contributed by atoms with van der Waals surface area (Å²) in [6, 6.07) is 0. The fraction of sp³-hybridized carbons (Fsp3) is 0.643. The van der Waals surface area contributed by atoms with E-state index in [1.54, 1.807) is 0 Å². The van der Waals surface area contributed by atoms with E-state index in [0.29, 0.717) is 32.1 Å². The number of fused-ring (bicyclic) bond motifs is 1. The predicted molar refractivity (Wildman–Crippen MR) is 147 cm³/mol. The van der Waals surface area contributed by atoms with Crippen molar-refractivity contribution in [2.24, 2.45) is 35.0 Å². The van der Waals surface area contributed by atoms with Gasteiger partial charge in [0.15, 0.2) is 0 Å². The second kappa shape index (κ2) is 12.0. The van der Waals surface area contributed by atoms with Crippen molar-refractivity contribution in [3.8, 4) is 0 Å². The average Bonchev–Trinajstić information content (AvgIpc) is 3.66. The first-order valence-corrected chi connectivity index (χ1v) is 16.9. The molecule has 246 valence electrons. The highest BCUT2D eigenvalue weighted by molar-refractivity contribution is 7.88. The molecule has 6 atom stereocenters.